The van der Waals surface area contributed by atoms with Crippen LogP contribution in [0, 0.1) is 0 Å². The Hall–Kier alpha value is -1.32. The smallest absolute Gasteiger partial charge is 0.306 e. The van der Waals surface area contributed by atoms with Gasteiger partial charge in [-0.2, -0.15) is 0 Å². The fourth-order valence-electron chi connectivity index (χ4n) is 6.05. The molecule has 4 nitrogen and oxygen atoms in total. The summed E-state index contributed by atoms with van der Waals surface area (Å²) in [6.07, 6.45) is 44.2. The van der Waals surface area contributed by atoms with Crippen LogP contribution in [0.3, 0.4) is 0 Å². The highest BCUT2D eigenvalue weighted by molar-refractivity contribution is 5.69. The summed E-state index contributed by atoms with van der Waals surface area (Å²) in [5.74, 6) is -0.651. The maximum absolute atomic E-state index is 12.5. The average molecular weight is 621 g/mol. The Balaban J connectivity index is 3.60. The molecule has 1 atom stereocenters. The normalized spacial score (nSPS) is 12.2. The largest absolute Gasteiger partial charge is 0.481 e. The van der Waals surface area contributed by atoms with Gasteiger partial charge in [0.1, 0.15) is 6.10 Å². The number of esters is 1. The van der Waals surface area contributed by atoms with Crippen LogP contribution in [-0.2, 0) is 14.3 Å². The lowest BCUT2D eigenvalue weighted by Crippen LogP contribution is -2.18. The third kappa shape index (κ3) is 35.2. The zero-order valence-electron chi connectivity index (χ0n) is 29.7. The van der Waals surface area contributed by atoms with Crippen molar-refractivity contribution in [2.75, 3.05) is 0 Å². The maximum Gasteiger partial charge on any atom is 0.306 e. The van der Waals surface area contributed by atoms with Crippen molar-refractivity contribution in [2.45, 2.75) is 232 Å². The summed E-state index contributed by atoms with van der Waals surface area (Å²) in [7, 11) is 0. The summed E-state index contributed by atoms with van der Waals surface area (Å²) in [6.45, 7) is 4.49. The van der Waals surface area contributed by atoms with E-state index in [-0.39, 0.29) is 12.1 Å². The van der Waals surface area contributed by atoms with Gasteiger partial charge in [0.25, 0.3) is 0 Å². The molecule has 0 aliphatic carbocycles. The summed E-state index contributed by atoms with van der Waals surface area (Å²) in [5, 5.41) is 8.68. The Labute approximate surface area is 275 Å². The van der Waals surface area contributed by atoms with Crippen molar-refractivity contribution in [3.05, 3.63) is 12.2 Å². The summed E-state index contributed by atoms with van der Waals surface area (Å²) in [4.78, 5) is 23.0. The molecule has 0 saturated heterocycles. The van der Waals surface area contributed by atoms with E-state index in [1.54, 1.807) is 0 Å². The van der Waals surface area contributed by atoms with E-state index >= 15 is 0 Å². The maximum atomic E-state index is 12.5. The Morgan fingerprint density at radius 1 is 0.477 bits per heavy atom. The second-order valence-electron chi connectivity index (χ2n) is 13.5. The molecule has 0 rings (SSSR count). The molecular formula is C40H76O4. The standard InChI is InChI=1S/C40H76O4/c1-3-5-7-8-9-10-11-12-13-14-15-16-17-18-19-24-27-30-33-37-40(43)44-38(34-6-4-2)35-31-28-25-22-20-21-23-26-29-32-36-39(41)42/h12-13,38H,3-11,14-37H2,1-2H3,(H,41,42)/b13-12-. The number of allylic oxidation sites excluding steroid dienone is 2. The van der Waals surface area contributed by atoms with Gasteiger partial charge in [-0.1, -0.05) is 167 Å². The molecule has 0 bridgehead atoms. The number of carboxylic acids is 1. The topological polar surface area (TPSA) is 63.6 Å². The van der Waals surface area contributed by atoms with Crippen LogP contribution in [0.15, 0.2) is 12.2 Å². The molecule has 4 heteroatoms. The highest BCUT2D eigenvalue weighted by Crippen LogP contribution is 2.18. The minimum Gasteiger partial charge on any atom is -0.481 e. The second-order valence-corrected chi connectivity index (χ2v) is 13.5. The molecule has 260 valence electrons. The third-order valence-corrected chi connectivity index (χ3v) is 8.99. The SMILES string of the molecule is CCCCCCCC/C=C\CCCCCCCCCCCC(=O)OC(CCCC)CCCCCCCCCCCCC(=O)O. The fourth-order valence-corrected chi connectivity index (χ4v) is 6.05. The molecule has 0 aliphatic rings. The summed E-state index contributed by atoms with van der Waals surface area (Å²) in [6, 6.07) is 0. The van der Waals surface area contributed by atoms with E-state index in [1.165, 1.54) is 135 Å². The zero-order chi connectivity index (χ0) is 32.2. The van der Waals surface area contributed by atoms with Gasteiger partial charge in [-0.05, 0) is 57.8 Å². The van der Waals surface area contributed by atoms with Gasteiger partial charge in [0.2, 0.25) is 0 Å². The summed E-state index contributed by atoms with van der Waals surface area (Å²) >= 11 is 0. The van der Waals surface area contributed by atoms with Crippen molar-refractivity contribution in [3.63, 3.8) is 0 Å². The first kappa shape index (κ1) is 42.7. The molecule has 1 unspecified atom stereocenters. The van der Waals surface area contributed by atoms with Crippen LogP contribution < -0.4 is 0 Å². The zero-order valence-corrected chi connectivity index (χ0v) is 29.7. The van der Waals surface area contributed by atoms with Crippen LogP contribution in [0.25, 0.3) is 0 Å². The predicted molar refractivity (Wildman–Crippen MR) is 190 cm³/mol. The number of ether oxygens (including phenoxy) is 1. The van der Waals surface area contributed by atoms with Crippen molar-refractivity contribution in [3.8, 4) is 0 Å². The van der Waals surface area contributed by atoms with Gasteiger partial charge in [-0.25, -0.2) is 0 Å². The molecular weight excluding hydrogens is 544 g/mol. The van der Waals surface area contributed by atoms with Gasteiger partial charge in [-0.3, -0.25) is 9.59 Å². The summed E-state index contributed by atoms with van der Waals surface area (Å²) < 4.78 is 5.92. The van der Waals surface area contributed by atoms with E-state index in [1.807, 2.05) is 0 Å². The Morgan fingerprint density at radius 2 is 0.841 bits per heavy atom. The van der Waals surface area contributed by atoms with Crippen LogP contribution in [0.4, 0.5) is 0 Å². The molecule has 0 saturated carbocycles. The van der Waals surface area contributed by atoms with E-state index in [4.69, 9.17) is 9.84 Å². The number of rotatable bonds is 36. The molecule has 0 heterocycles. The lowest BCUT2D eigenvalue weighted by Gasteiger charge is -2.18. The van der Waals surface area contributed by atoms with Crippen LogP contribution >= 0.6 is 0 Å². The monoisotopic (exact) mass is 621 g/mol. The number of carbonyl (C=O) groups excluding carboxylic acids is 1. The molecule has 0 aromatic rings. The third-order valence-electron chi connectivity index (χ3n) is 8.99. The molecule has 0 fully saturated rings. The number of unbranched alkanes of at least 4 members (excludes halogenated alkanes) is 25. The van der Waals surface area contributed by atoms with Gasteiger partial charge < -0.3 is 9.84 Å². The Bertz CT molecular complexity index is 629. The minimum atomic E-state index is -0.675. The van der Waals surface area contributed by atoms with Crippen LogP contribution in [0.2, 0.25) is 0 Å². The van der Waals surface area contributed by atoms with E-state index in [9.17, 15) is 9.59 Å². The first-order chi connectivity index (χ1) is 21.6. The van der Waals surface area contributed by atoms with E-state index in [2.05, 4.69) is 26.0 Å². The lowest BCUT2D eigenvalue weighted by atomic mass is 10.0. The number of hydrogen-bond donors (Lipinski definition) is 1. The molecule has 0 amide bonds. The number of aliphatic carboxylic acids is 1. The van der Waals surface area contributed by atoms with Crippen LogP contribution in [0.5, 0.6) is 0 Å². The second kappa shape index (κ2) is 36.2. The lowest BCUT2D eigenvalue weighted by molar-refractivity contribution is -0.150. The van der Waals surface area contributed by atoms with E-state index < -0.39 is 5.97 Å². The van der Waals surface area contributed by atoms with Gasteiger partial charge in [-0.15, -0.1) is 0 Å². The van der Waals surface area contributed by atoms with E-state index in [0.29, 0.717) is 12.8 Å². The molecule has 1 N–H and O–H groups in total. The van der Waals surface area contributed by atoms with Crippen LogP contribution in [0.1, 0.15) is 226 Å². The molecule has 0 spiro atoms. The Kier molecular flexibility index (Phi) is 35.1. The molecule has 0 aromatic carbocycles. The van der Waals surface area contributed by atoms with Crippen molar-refractivity contribution < 1.29 is 19.4 Å². The predicted octanol–water partition coefficient (Wildman–Crippen LogP) is 13.5. The summed E-state index contributed by atoms with van der Waals surface area (Å²) in [5.41, 5.74) is 0. The van der Waals surface area contributed by atoms with Gasteiger partial charge in [0.05, 0.1) is 0 Å². The first-order valence-electron chi connectivity index (χ1n) is 19.7. The molecule has 44 heavy (non-hydrogen) atoms. The van der Waals surface area contributed by atoms with E-state index in [0.717, 1.165) is 64.2 Å². The minimum absolute atomic E-state index is 0.0236. The fraction of sp³-hybridized carbons (Fsp3) is 0.900. The molecule has 0 radical (unpaired) electrons. The molecule has 0 aromatic heterocycles. The average Bonchev–Trinajstić information content (AvgIpc) is 3.01. The van der Waals surface area contributed by atoms with Crippen molar-refractivity contribution in [2.24, 2.45) is 0 Å². The highest BCUT2D eigenvalue weighted by atomic mass is 16.5. The number of carboxylic acid groups (broad SMARTS) is 1. The molecule has 0 aliphatic heterocycles. The quantitative estimate of drug-likeness (QED) is 0.0430. The van der Waals surface area contributed by atoms with Gasteiger partial charge in [0, 0.05) is 12.8 Å². The van der Waals surface area contributed by atoms with Crippen LogP contribution in [-0.4, -0.2) is 23.1 Å². The van der Waals surface area contributed by atoms with Crippen molar-refractivity contribution in [1.82, 2.24) is 0 Å². The Morgan fingerprint density at radius 3 is 1.30 bits per heavy atom. The highest BCUT2D eigenvalue weighted by Gasteiger charge is 2.14. The number of carbonyl (C=O) groups is 2. The van der Waals surface area contributed by atoms with Crippen molar-refractivity contribution in [1.29, 1.82) is 0 Å². The van der Waals surface area contributed by atoms with Gasteiger partial charge in [0.15, 0.2) is 0 Å². The number of hydrogen-bond acceptors (Lipinski definition) is 3. The first-order valence-corrected chi connectivity index (χ1v) is 19.7. The van der Waals surface area contributed by atoms with Crippen molar-refractivity contribution >= 4 is 11.9 Å². The van der Waals surface area contributed by atoms with Gasteiger partial charge >= 0.3 is 11.9 Å².